The lowest BCUT2D eigenvalue weighted by molar-refractivity contribution is -0.143. The highest BCUT2D eigenvalue weighted by Crippen LogP contribution is 1.85. The Kier molecular flexibility index (Phi) is 3.10. The molecule has 0 saturated carbocycles. The van der Waals surface area contributed by atoms with Crippen molar-refractivity contribution in [3.05, 3.63) is 0 Å². The highest BCUT2D eigenvalue weighted by molar-refractivity contribution is 5.86. The maximum absolute atomic E-state index is 10.2. The van der Waals surface area contributed by atoms with E-state index in [1.165, 1.54) is 0 Å². The summed E-state index contributed by atoms with van der Waals surface area (Å²) >= 11 is 0. The summed E-state index contributed by atoms with van der Waals surface area (Å²) in [6, 6.07) is 0. The number of ether oxygens (including phenoxy) is 2. The number of rotatable bonds is 0. The molecular formula is C5H6O5. The van der Waals surface area contributed by atoms with Gasteiger partial charge in [0.1, 0.15) is 0 Å². The number of carbonyl (C=O) groups excluding carboxylic acids is 3. The Labute approximate surface area is 56.9 Å². The normalized spacial score (nSPS) is 8.20. The highest BCUT2D eigenvalue weighted by Gasteiger charge is 2.08. The van der Waals surface area contributed by atoms with Gasteiger partial charge >= 0.3 is 18.1 Å². The molecule has 56 valence electrons. The molecule has 0 amide bonds. The molecule has 0 aliphatic heterocycles. The van der Waals surface area contributed by atoms with Gasteiger partial charge in [-0.25, -0.2) is 4.79 Å². The summed E-state index contributed by atoms with van der Waals surface area (Å²) in [6.45, 7) is 2.06. The first-order chi connectivity index (χ1) is 4.52. The van der Waals surface area contributed by atoms with Crippen molar-refractivity contribution in [1.29, 1.82) is 0 Å². The van der Waals surface area contributed by atoms with E-state index in [1.54, 1.807) is 0 Å². The Hall–Kier alpha value is -1.39. The molecule has 0 atom stereocenters. The van der Waals surface area contributed by atoms with E-state index < -0.39 is 18.1 Å². The van der Waals surface area contributed by atoms with Gasteiger partial charge in [0.05, 0.1) is 0 Å². The molecule has 0 bridgehead atoms. The predicted molar refractivity (Wildman–Crippen MR) is 28.9 cm³/mol. The third kappa shape index (κ3) is 4.76. The predicted octanol–water partition coefficient (Wildman–Crippen LogP) is 0.233. The van der Waals surface area contributed by atoms with Crippen molar-refractivity contribution in [2.45, 2.75) is 13.8 Å². The van der Waals surface area contributed by atoms with E-state index in [1.807, 2.05) is 0 Å². The van der Waals surface area contributed by atoms with Crippen LogP contribution in [-0.4, -0.2) is 18.1 Å². The van der Waals surface area contributed by atoms with Crippen LogP contribution in [0.3, 0.4) is 0 Å². The molecule has 0 aromatic carbocycles. The molecule has 0 saturated heterocycles. The Balaban J connectivity index is 3.65. The van der Waals surface area contributed by atoms with Crippen LogP contribution in [0.25, 0.3) is 0 Å². The standard InChI is InChI=1S/C5H6O5/c1-3(6)9-5(8)10-4(2)7/h1-2H3. The molecule has 0 unspecified atom stereocenters. The molecule has 0 radical (unpaired) electrons. The Morgan fingerprint density at radius 3 is 1.40 bits per heavy atom. The number of esters is 2. The fourth-order valence-corrected chi connectivity index (χ4v) is 0.256. The number of carbonyl (C=O) groups is 3. The van der Waals surface area contributed by atoms with E-state index >= 15 is 0 Å². The largest absolute Gasteiger partial charge is 0.524 e. The molecule has 0 aliphatic carbocycles. The van der Waals surface area contributed by atoms with Crippen molar-refractivity contribution in [3.63, 3.8) is 0 Å². The zero-order valence-corrected chi connectivity index (χ0v) is 5.54. The summed E-state index contributed by atoms with van der Waals surface area (Å²) in [6.07, 6.45) is -1.29. The van der Waals surface area contributed by atoms with Crippen LogP contribution in [0.4, 0.5) is 4.79 Å². The highest BCUT2D eigenvalue weighted by atomic mass is 16.8. The van der Waals surface area contributed by atoms with Gasteiger partial charge in [-0.2, -0.15) is 0 Å². The van der Waals surface area contributed by atoms with E-state index in [0.29, 0.717) is 0 Å². The van der Waals surface area contributed by atoms with Gasteiger partial charge in [-0.1, -0.05) is 0 Å². The van der Waals surface area contributed by atoms with Gasteiger partial charge in [0.25, 0.3) is 0 Å². The molecule has 0 spiro atoms. The van der Waals surface area contributed by atoms with Gasteiger partial charge in [0.2, 0.25) is 0 Å². The van der Waals surface area contributed by atoms with E-state index in [4.69, 9.17) is 0 Å². The van der Waals surface area contributed by atoms with Gasteiger partial charge in [-0.05, 0) is 0 Å². The number of hydrogen-bond acceptors (Lipinski definition) is 5. The second kappa shape index (κ2) is 3.60. The first-order valence-corrected chi connectivity index (χ1v) is 2.43. The SMILES string of the molecule is CC(=O)OC(=O)OC(C)=O. The van der Waals surface area contributed by atoms with E-state index in [0.717, 1.165) is 13.8 Å². The van der Waals surface area contributed by atoms with Crippen LogP contribution in [0.15, 0.2) is 0 Å². The summed E-state index contributed by atoms with van der Waals surface area (Å²) in [5.74, 6) is -1.63. The minimum Gasteiger partial charge on any atom is -0.361 e. The van der Waals surface area contributed by atoms with Crippen molar-refractivity contribution in [3.8, 4) is 0 Å². The quantitative estimate of drug-likeness (QED) is 0.361. The van der Waals surface area contributed by atoms with Crippen LogP contribution in [0, 0.1) is 0 Å². The van der Waals surface area contributed by atoms with Gasteiger partial charge in [-0.3, -0.25) is 9.59 Å². The summed E-state index contributed by atoms with van der Waals surface area (Å²) in [7, 11) is 0. The van der Waals surface area contributed by atoms with Crippen LogP contribution in [0.2, 0.25) is 0 Å². The van der Waals surface area contributed by atoms with Crippen molar-refractivity contribution in [1.82, 2.24) is 0 Å². The van der Waals surface area contributed by atoms with E-state index in [9.17, 15) is 14.4 Å². The number of hydrogen-bond donors (Lipinski definition) is 0. The average molecular weight is 146 g/mol. The van der Waals surface area contributed by atoms with Crippen LogP contribution in [0.1, 0.15) is 13.8 Å². The Bertz CT molecular complexity index is 153. The molecule has 0 aromatic rings. The Morgan fingerprint density at radius 2 is 1.20 bits per heavy atom. The van der Waals surface area contributed by atoms with Crippen molar-refractivity contribution >= 4 is 18.1 Å². The molecule has 0 N–H and O–H groups in total. The van der Waals surface area contributed by atoms with Gasteiger partial charge in [0, 0.05) is 13.8 Å². The van der Waals surface area contributed by atoms with Crippen LogP contribution < -0.4 is 0 Å². The molecule has 0 rings (SSSR count). The van der Waals surface area contributed by atoms with Gasteiger partial charge in [0.15, 0.2) is 0 Å². The smallest absolute Gasteiger partial charge is 0.361 e. The molecule has 10 heavy (non-hydrogen) atoms. The molecule has 0 heterocycles. The second-order valence-electron chi connectivity index (χ2n) is 1.44. The molecule has 5 nitrogen and oxygen atoms in total. The van der Waals surface area contributed by atoms with Crippen LogP contribution in [-0.2, 0) is 19.1 Å². The maximum atomic E-state index is 10.2. The first kappa shape index (κ1) is 8.61. The fraction of sp³-hybridized carbons (Fsp3) is 0.400. The monoisotopic (exact) mass is 146 g/mol. The van der Waals surface area contributed by atoms with E-state index in [2.05, 4.69) is 9.47 Å². The minimum absolute atomic E-state index is 0.814. The Morgan fingerprint density at radius 1 is 0.900 bits per heavy atom. The van der Waals surface area contributed by atoms with Crippen LogP contribution >= 0.6 is 0 Å². The molecule has 0 aromatic heterocycles. The zero-order chi connectivity index (χ0) is 8.15. The third-order valence-corrected chi connectivity index (χ3v) is 0.454. The second-order valence-corrected chi connectivity index (χ2v) is 1.44. The molecule has 5 heteroatoms. The lowest BCUT2D eigenvalue weighted by Crippen LogP contribution is -2.13. The van der Waals surface area contributed by atoms with Gasteiger partial charge in [-0.15, -0.1) is 0 Å². The van der Waals surface area contributed by atoms with Crippen molar-refractivity contribution in [2.75, 3.05) is 0 Å². The summed E-state index contributed by atoms with van der Waals surface area (Å²) in [4.78, 5) is 30.2. The molecule has 0 aliphatic rings. The van der Waals surface area contributed by atoms with Crippen LogP contribution in [0.5, 0.6) is 0 Å². The lowest BCUT2D eigenvalue weighted by Gasteiger charge is -1.95. The average Bonchev–Trinajstić information content (AvgIpc) is 1.58. The zero-order valence-electron chi connectivity index (χ0n) is 5.54. The van der Waals surface area contributed by atoms with Crippen molar-refractivity contribution in [2.24, 2.45) is 0 Å². The topological polar surface area (TPSA) is 69.7 Å². The summed E-state index contributed by atoms with van der Waals surface area (Å²) < 4.78 is 7.68. The fourth-order valence-electron chi connectivity index (χ4n) is 0.256. The maximum Gasteiger partial charge on any atom is 0.524 e. The third-order valence-electron chi connectivity index (χ3n) is 0.454. The van der Waals surface area contributed by atoms with Crippen molar-refractivity contribution < 1.29 is 23.9 Å². The minimum atomic E-state index is -1.29. The summed E-state index contributed by atoms with van der Waals surface area (Å²) in [5, 5.41) is 0. The molecule has 0 fully saturated rings. The summed E-state index contributed by atoms with van der Waals surface area (Å²) in [5.41, 5.74) is 0. The van der Waals surface area contributed by atoms with E-state index in [-0.39, 0.29) is 0 Å². The first-order valence-electron chi connectivity index (χ1n) is 2.43. The molecular weight excluding hydrogens is 140 g/mol. The lowest BCUT2D eigenvalue weighted by atomic mass is 10.8. The van der Waals surface area contributed by atoms with Gasteiger partial charge < -0.3 is 9.47 Å².